The first-order valence-corrected chi connectivity index (χ1v) is 6.83. The predicted molar refractivity (Wildman–Crippen MR) is 73.5 cm³/mol. The second kappa shape index (κ2) is 5.69. The van der Waals surface area contributed by atoms with Crippen molar-refractivity contribution in [2.24, 2.45) is 0 Å². The largest absolute Gasteiger partial charge is 0.461 e. The Labute approximate surface area is 118 Å². The summed E-state index contributed by atoms with van der Waals surface area (Å²) in [6, 6.07) is 5.12. The third kappa shape index (κ3) is 2.66. The zero-order valence-corrected chi connectivity index (χ0v) is 11.8. The third-order valence-corrected chi connectivity index (χ3v) is 3.62. The Balaban J connectivity index is 2.45. The molecule has 0 spiro atoms. The second-order valence-corrected chi connectivity index (χ2v) is 5.07. The molecular weight excluding hydrogens is 293 g/mol. The van der Waals surface area contributed by atoms with E-state index in [2.05, 4.69) is 4.98 Å². The molecule has 0 radical (unpaired) electrons. The van der Waals surface area contributed by atoms with Gasteiger partial charge in [-0.2, -0.15) is 0 Å². The predicted octanol–water partition coefficient (Wildman–Crippen LogP) is 4.29. The fourth-order valence-corrected chi connectivity index (χ4v) is 2.83. The van der Waals surface area contributed by atoms with Gasteiger partial charge >= 0.3 is 5.97 Å². The van der Waals surface area contributed by atoms with E-state index in [-0.39, 0.29) is 5.69 Å². The van der Waals surface area contributed by atoms with Crippen LogP contribution in [0.2, 0.25) is 10.0 Å². The van der Waals surface area contributed by atoms with Crippen molar-refractivity contribution >= 4 is 40.5 Å². The Morgan fingerprint density at radius 1 is 1.44 bits per heavy atom. The summed E-state index contributed by atoms with van der Waals surface area (Å²) in [5.74, 6) is -0.445. The second-order valence-electron chi connectivity index (χ2n) is 3.37. The first-order chi connectivity index (χ1) is 8.63. The number of hydrogen-bond acceptors (Lipinski definition) is 4. The first-order valence-electron chi connectivity index (χ1n) is 5.19. The van der Waals surface area contributed by atoms with Crippen LogP contribution in [0.15, 0.2) is 23.7 Å². The molecule has 0 bridgehead atoms. The highest BCUT2D eigenvalue weighted by atomic mass is 35.5. The van der Waals surface area contributed by atoms with Gasteiger partial charge in [-0.05, 0) is 19.1 Å². The van der Waals surface area contributed by atoms with E-state index in [9.17, 15) is 4.79 Å². The Morgan fingerprint density at radius 3 is 2.89 bits per heavy atom. The molecule has 94 valence electrons. The van der Waals surface area contributed by atoms with Gasteiger partial charge in [0, 0.05) is 10.6 Å². The number of carbonyl (C=O) groups is 1. The minimum Gasteiger partial charge on any atom is -0.461 e. The monoisotopic (exact) mass is 301 g/mol. The first kappa shape index (κ1) is 13.3. The van der Waals surface area contributed by atoms with Crippen LogP contribution in [0.1, 0.15) is 17.4 Å². The van der Waals surface area contributed by atoms with Crippen LogP contribution in [0.5, 0.6) is 0 Å². The molecule has 0 aliphatic rings. The highest BCUT2D eigenvalue weighted by Gasteiger charge is 2.19. The van der Waals surface area contributed by atoms with E-state index in [1.807, 2.05) is 0 Å². The average Bonchev–Trinajstić information content (AvgIpc) is 2.78. The summed E-state index contributed by atoms with van der Waals surface area (Å²) >= 11 is 13.3. The molecule has 0 unspecified atom stereocenters. The van der Waals surface area contributed by atoms with Gasteiger partial charge in [-0.3, -0.25) is 0 Å². The van der Waals surface area contributed by atoms with Crippen LogP contribution < -0.4 is 0 Å². The lowest BCUT2D eigenvalue weighted by atomic mass is 10.1. The minimum absolute atomic E-state index is 0.283. The number of thiazole rings is 1. The molecule has 0 fully saturated rings. The van der Waals surface area contributed by atoms with Gasteiger partial charge in [0.1, 0.15) is 0 Å². The van der Waals surface area contributed by atoms with Crippen LogP contribution in [0.25, 0.3) is 10.4 Å². The Morgan fingerprint density at radius 2 is 2.22 bits per heavy atom. The van der Waals surface area contributed by atoms with Crippen LogP contribution in [-0.2, 0) is 4.74 Å². The van der Waals surface area contributed by atoms with Crippen LogP contribution in [0, 0.1) is 0 Å². The molecule has 0 amide bonds. The van der Waals surface area contributed by atoms with E-state index in [0.717, 1.165) is 5.56 Å². The van der Waals surface area contributed by atoms with E-state index in [1.54, 1.807) is 30.6 Å². The van der Waals surface area contributed by atoms with E-state index in [0.29, 0.717) is 21.5 Å². The molecule has 18 heavy (non-hydrogen) atoms. The molecule has 0 atom stereocenters. The molecule has 1 aromatic heterocycles. The number of halogens is 2. The quantitative estimate of drug-likeness (QED) is 0.794. The topological polar surface area (TPSA) is 39.2 Å². The summed E-state index contributed by atoms with van der Waals surface area (Å²) in [7, 11) is 0. The van der Waals surface area contributed by atoms with Crippen molar-refractivity contribution in [3.8, 4) is 10.4 Å². The number of rotatable bonds is 3. The summed E-state index contributed by atoms with van der Waals surface area (Å²) in [5, 5.41) is 1.03. The summed E-state index contributed by atoms with van der Waals surface area (Å²) < 4.78 is 4.95. The van der Waals surface area contributed by atoms with Crippen LogP contribution >= 0.6 is 34.5 Å². The normalized spacial score (nSPS) is 10.4. The van der Waals surface area contributed by atoms with E-state index < -0.39 is 5.97 Å². The van der Waals surface area contributed by atoms with Crippen molar-refractivity contribution in [2.45, 2.75) is 6.92 Å². The molecule has 1 aromatic carbocycles. The van der Waals surface area contributed by atoms with Gasteiger partial charge in [-0.1, -0.05) is 29.3 Å². The SMILES string of the molecule is CCOC(=O)c1ncsc1-c1ccc(Cl)cc1Cl. The van der Waals surface area contributed by atoms with Crippen LogP contribution in [0.4, 0.5) is 0 Å². The standard InChI is InChI=1S/C12H9Cl2NO2S/c1-2-17-12(16)10-11(18-6-15-10)8-4-3-7(13)5-9(8)14/h3-6H,2H2,1H3. The Hall–Kier alpha value is -1.10. The maximum atomic E-state index is 11.7. The average molecular weight is 302 g/mol. The minimum atomic E-state index is -0.445. The number of nitrogens with zero attached hydrogens (tertiary/aromatic N) is 1. The summed E-state index contributed by atoms with van der Waals surface area (Å²) in [6.45, 7) is 2.06. The molecule has 0 N–H and O–H groups in total. The zero-order valence-electron chi connectivity index (χ0n) is 9.44. The highest BCUT2D eigenvalue weighted by molar-refractivity contribution is 7.13. The zero-order chi connectivity index (χ0) is 13.1. The van der Waals surface area contributed by atoms with Gasteiger partial charge in [0.25, 0.3) is 0 Å². The lowest BCUT2D eigenvalue weighted by molar-refractivity contribution is 0.0521. The molecule has 0 saturated carbocycles. The number of aromatic nitrogens is 1. The molecule has 3 nitrogen and oxygen atoms in total. The van der Waals surface area contributed by atoms with E-state index >= 15 is 0 Å². The maximum Gasteiger partial charge on any atom is 0.358 e. The summed E-state index contributed by atoms with van der Waals surface area (Å²) in [4.78, 5) is 16.4. The fraction of sp³-hybridized carbons (Fsp3) is 0.167. The van der Waals surface area contributed by atoms with Gasteiger partial charge in [0.2, 0.25) is 0 Å². The number of esters is 1. The van der Waals surface area contributed by atoms with Crippen molar-refractivity contribution in [1.82, 2.24) is 4.98 Å². The van der Waals surface area contributed by atoms with Crippen molar-refractivity contribution in [3.63, 3.8) is 0 Å². The molecule has 0 saturated heterocycles. The molecule has 6 heteroatoms. The van der Waals surface area contributed by atoms with Crippen molar-refractivity contribution in [2.75, 3.05) is 6.61 Å². The van der Waals surface area contributed by atoms with Crippen molar-refractivity contribution in [1.29, 1.82) is 0 Å². The Kier molecular flexibility index (Phi) is 4.22. The van der Waals surface area contributed by atoms with Gasteiger partial charge in [0.05, 0.1) is 22.0 Å². The molecule has 1 heterocycles. The van der Waals surface area contributed by atoms with Crippen molar-refractivity contribution < 1.29 is 9.53 Å². The molecule has 0 aliphatic heterocycles. The molecule has 2 rings (SSSR count). The third-order valence-electron chi connectivity index (χ3n) is 2.21. The summed E-state index contributed by atoms with van der Waals surface area (Å²) in [5.41, 5.74) is 2.60. The maximum absolute atomic E-state index is 11.7. The summed E-state index contributed by atoms with van der Waals surface area (Å²) in [6.07, 6.45) is 0. The Bertz CT molecular complexity index is 583. The molecule has 0 aliphatic carbocycles. The van der Waals surface area contributed by atoms with Crippen LogP contribution in [-0.4, -0.2) is 17.6 Å². The van der Waals surface area contributed by atoms with E-state index in [4.69, 9.17) is 27.9 Å². The molecule has 2 aromatic rings. The van der Waals surface area contributed by atoms with Gasteiger partial charge < -0.3 is 4.74 Å². The number of hydrogen-bond donors (Lipinski definition) is 0. The van der Waals surface area contributed by atoms with Crippen molar-refractivity contribution in [3.05, 3.63) is 39.4 Å². The van der Waals surface area contributed by atoms with Gasteiger partial charge in [-0.15, -0.1) is 11.3 Å². The number of ether oxygens (including phenoxy) is 1. The smallest absolute Gasteiger partial charge is 0.358 e. The lowest BCUT2D eigenvalue weighted by Crippen LogP contribution is -2.06. The fourth-order valence-electron chi connectivity index (χ4n) is 1.46. The number of carbonyl (C=O) groups excluding carboxylic acids is 1. The lowest BCUT2D eigenvalue weighted by Gasteiger charge is -2.05. The van der Waals surface area contributed by atoms with Gasteiger partial charge in [0.15, 0.2) is 5.69 Å². The van der Waals surface area contributed by atoms with Crippen LogP contribution in [0.3, 0.4) is 0 Å². The van der Waals surface area contributed by atoms with E-state index in [1.165, 1.54) is 11.3 Å². The number of benzene rings is 1. The molecular formula is C12H9Cl2NO2S. The van der Waals surface area contributed by atoms with Gasteiger partial charge in [-0.25, -0.2) is 9.78 Å². The highest BCUT2D eigenvalue weighted by Crippen LogP contribution is 2.35.